The minimum Gasteiger partial charge on any atom is -0.361 e. The van der Waals surface area contributed by atoms with Crippen LogP contribution in [0.15, 0.2) is 10.6 Å². The summed E-state index contributed by atoms with van der Waals surface area (Å²) >= 11 is 2.10. The van der Waals surface area contributed by atoms with E-state index in [1.807, 2.05) is 0 Å². The Labute approximate surface area is 131 Å². The molecule has 0 amide bonds. The highest BCUT2D eigenvalue weighted by Crippen LogP contribution is 2.40. The van der Waals surface area contributed by atoms with Crippen LogP contribution >= 0.6 is 11.8 Å². The highest BCUT2D eigenvalue weighted by atomic mass is 32.2. The maximum Gasteiger partial charge on any atom is 0.140 e. The molecule has 5 heteroatoms. The molecule has 1 saturated carbocycles. The van der Waals surface area contributed by atoms with Crippen molar-refractivity contribution in [1.82, 2.24) is 15.0 Å². The molecule has 4 nitrogen and oxygen atoms in total. The van der Waals surface area contributed by atoms with Gasteiger partial charge in [0.05, 0.1) is 5.69 Å². The Morgan fingerprint density at radius 1 is 1.10 bits per heavy atom. The molecule has 0 N–H and O–H groups in total. The quantitative estimate of drug-likeness (QED) is 0.854. The first kappa shape index (κ1) is 14.1. The summed E-state index contributed by atoms with van der Waals surface area (Å²) < 4.78 is 5.46. The first-order chi connectivity index (χ1) is 10.4. The monoisotopic (exact) mass is 307 g/mol. The summed E-state index contributed by atoms with van der Waals surface area (Å²) in [4.78, 5) is 5.26. The Kier molecular flexibility index (Phi) is 4.23. The van der Waals surface area contributed by atoms with E-state index in [2.05, 4.69) is 32.8 Å². The summed E-state index contributed by atoms with van der Waals surface area (Å²) in [6, 6.07) is 3.01. The van der Waals surface area contributed by atoms with Crippen molar-refractivity contribution in [2.75, 3.05) is 37.7 Å². The summed E-state index contributed by atoms with van der Waals surface area (Å²) in [5, 5.41) is 4.25. The normalized spacial score (nSPS) is 26.3. The summed E-state index contributed by atoms with van der Waals surface area (Å²) in [7, 11) is 0. The van der Waals surface area contributed by atoms with Gasteiger partial charge in [-0.15, -0.1) is 0 Å². The molecule has 0 spiro atoms. The SMILES string of the molecule is c1c(CN2CCC(N3CCSCC3)CC2)noc1C1CC1. The van der Waals surface area contributed by atoms with E-state index < -0.39 is 0 Å². The molecule has 2 saturated heterocycles. The van der Waals surface area contributed by atoms with Crippen molar-refractivity contribution in [1.29, 1.82) is 0 Å². The molecule has 1 aromatic heterocycles. The van der Waals surface area contributed by atoms with Gasteiger partial charge in [0.25, 0.3) is 0 Å². The molecule has 0 aromatic carbocycles. The summed E-state index contributed by atoms with van der Waals surface area (Å²) in [5.41, 5.74) is 1.13. The molecule has 3 heterocycles. The molecule has 0 radical (unpaired) electrons. The second-order valence-electron chi connectivity index (χ2n) is 6.65. The molecular weight excluding hydrogens is 282 g/mol. The van der Waals surface area contributed by atoms with Crippen molar-refractivity contribution in [3.63, 3.8) is 0 Å². The predicted octanol–water partition coefficient (Wildman–Crippen LogP) is 2.57. The third-order valence-corrected chi connectivity index (χ3v) is 6.00. The van der Waals surface area contributed by atoms with Crippen LogP contribution in [-0.4, -0.2) is 58.7 Å². The number of hydrogen-bond donors (Lipinski definition) is 0. The topological polar surface area (TPSA) is 32.5 Å². The summed E-state index contributed by atoms with van der Waals surface area (Å²) in [6.45, 7) is 5.98. The molecule has 1 aliphatic carbocycles. The van der Waals surface area contributed by atoms with E-state index in [4.69, 9.17) is 4.52 Å². The maximum absolute atomic E-state index is 5.46. The van der Waals surface area contributed by atoms with Crippen molar-refractivity contribution in [3.8, 4) is 0 Å². The van der Waals surface area contributed by atoms with Gasteiger partial charge in [-0.25, -0.2) is 0 Å². The van der Waals surface area contributed by atoms with Crippen LogP contribution in [0.25, 0.3) is 0 Å². The largest absolute Gasteiger partial charge is 0.361 e. The lowest BCUT2D eigenvalue weighted by Gasteiger charge is -2.39. The van der Waals surface area contributed by atoms with Crippen LogP contribution < -0.4 is 0 Å². The van der Waals surface area contributed by atoms with Gasteiger partial charge in [-0.2, -0.15) is 11.8 Å². The Bertz CT molecular complexity index is 460. The van der Waals surface area contributed by atoms with E-state index in [0.29, 0.717) is 5.92 Å². The highest BCUT2D eigenvalue weighted by molar-refractivity contribution is 7.99. The van der Waals surface area contributed by atoms with Gasteiger partial charge in [0.1, 0.15) is 5.76 Å². The van der Waals surface area contributed by atoms with Crippen LogP contribution in [0.3, 0.4) is 0 Å². The zero-order chi connectivity index (χ0) is 14.1. The minimum atomic E-state index is 0.675. The third kappa shape index (κ3) is 3.46. The predicted molar refractivity (Wildman–Crippen MR) is 85.7 cm³/mol. The fraction of sp³-hybridized carbons (Fsp3) is 0.812. The number of thioether (sulfide) groups is 1. The summed E-state index contributed by atoms with van der Waals surface area (Å²) in [6.07, 6.45) is 5.21. The Hall–Kier alpha value is -0.520. The molecule has 3 aliphatic rings. The number of piperidine rings is 1. The van der Waals surface area contributed by atoms with E-state index in [1.165, 1.54) is 63.4 Å². The number of hydrogen-bond acceptors (Lipinski definition) is 5. The zero-order valence-electron chi connectivity index (χ0n) is 12.7. The molecule has 1 aromatic rings. The number of rotatable bonds is 4. The van der Waals surface area contributed by atoms with Gasteiger partial charge in [0, 0.05) is 62.3 Å². The molecule has 21 heavy (non-hydrogen) atoms. The number of aromatic nitrogens is 1. The minimum absolute atomic E-state index is 0.675. The Morgan fingerprint density at radius 2 is 1.86 bits per heavy atom. The molecule has 0 atom stereocenters. The Morgan fingerprint density at radius 3 is 2.57 bits per heavy atom. The first-order valence-electron chi connectivity index (χ1n) is 8.38. The smallest absolute Gasteiger partial charge is 0.140 e. The number of likely N-dealkylation sites (tertiary alicyclic amines) is 1. The van der Waals surface area contributed by atoms with E-state index in [0.717, 1.165) is 24.0 Å². The molecule has 116 valence electrons. The van der Waals surface area contributed by atoms with Crippen LogP contribution in [0, 0.1) is 0 Å². The molecule has 3 fully saturated rings. The van der Waals surface area contributed by atoms with Crippen molar-refractivity contribution in [2.45, 2.75) is 44.2 Å². The fourth-order valence-corrected chi connectivity index (χ4v) is 4.51. The van der Waals surface area contributed by atoms with E-state index in [9.17, 15) is 0 Å². The van der Waals surface area contributed by atoms with E-state index in [-0.39, 0.29) is 0 Å². The van der Waals surface area contributed by atoms with Crippen LogP contribution in [-0.2, 0) is 6.54 Å². The lowest BCUT2D eigenvalue weighted by atomic mass is 10.0. The van der Waals surface area contributed by atoms with Crippen molar-refractivity contribution < 1.29 is 4.52 Å². The van der Waals surface area contributed by atoms with Crippen LogP contribution in [0.1, 0.15) is 43.1 Å². The van der Waals surface area contributed by atoms with Crippen LogP contribution in [0.2, 0.25) is 0 Å². The van der Waals surface area contributed by atoms with Crippen LogP contribution in [0.4, 0.5) is 0 Å². The average Bonchev–Trinajstić information content (AvgIpc) is 3.29. The second-order valence-corrected chi connectivity index (χ2v) is 7.88. The van der Waals surface area contributed by atoms with Gasteiger partial charge >= 0.3 is 0 Å². The van der Waals surface area contributed by atoms with Gasteiger partial charge in [-0.05, 0) is 25.7 Å². The lowest BCUT2D eigenvalue weighted by molar-refractivity contribution is 0.111. The molecule has 0 bridgehead atoms. The van der Waals surface area contributed by atoms with Gasteiger partial charge in [0.15, 0.2) is 0 Å². The lowest BCUT2D eigenvalue weighted by Crippen LogP contribution is -2.47. The molecule has 0 unspecified atom stereocenters. The van der Waals surface area contributed by atoms with Crippen molar-refractivity contribution >= 4 is 11.8 Å². The molecule has 4 rings (SSSR count). The fourth-order valence-electron chi connectivity index (χ4n) is 3.58. The van der Waals surface area contributed by atoms with Crippen LogP contribution in [0.5, 0.6) is 0 Å². The highest BCUT2D eigenvalue weighted by Gasteiger charge is 2.29. The standard InChI is InChI=1S/C16H25N3OS/c1-2-13(1)16-11-14(17-20-16)12-18-5-3-15(4-6-18)19-7-9-21-10-8-19/h11,13,15H,1-10,12H2. The second kappa shape index (κ2) is 6.31. The molecular formula is C16H25N3OS. The summed E-state index contributed by atoms with van der Waals surface area (Å²) in [5.74, 6) is 4.44. The molecule has 2 aliphatic heterocycles. The number of nitrogens with zero attached hydrogens (tertiary/aromatic N) is 3. The van der Waals surface area contributed by atoms with Crippen molar-refractivity contribution in [2.24, 2.45) is 0 Å². The van der Waals surface area contributed by atoms with Gasteiger partial charge in [-0.1, -0.05) is 5.16 Å². The van der Waals surface area contributed by atoms with Gasteiger partial charge < -0.3 is 4.52 Å². The van der Waals surface area contributed by atoms with Gasteiger partial charge in [0.2, 0.25) is 0 Å². The van der Waals surface area contributed by atoms with E-state index >= 15 is 0 Å². The average molecular weight is 307 g/mol. The zero-order valence-corrected chi connectivity index (χ0v) is 13.5. The first-order valence-corrected chi connectivity index (χ1v) is 9.53. The maximum atomic E-state index is 5.46. The Balaban J connectivity index is 1.26. The van der Waals surface area contributed by atoms with E-state index in [1.54, 1.807) is 0 Å². The van der Waals surface area contributed by atoms with Crippen molar-refractivity contribution in [3.05, 3.63) is 17.5 Å². The van der Waals surface area contributed by atoms with Gasteiger partial charge in [-0.3, -0.25) is 9.80 Å². The third-order valence-electron chi connectivity index (χ3n) is 5.06.